The van der Waals surface area contributed by atoms with Crippen LogP contribution < -0.4 is 5.32 Å². The molecule has 0 saturated carbocycles. The van der Waals surface area contributed by atoms with Crippen LogP contribution in [-0.2, 0) is 11.2 Å². The molecule has 1 heterocycles. The van der Waals surface area contributed by atoms with E-state index < -0.39 is 0 Å². The highest BCUT2D eigenvalue weighted by Crippen LogP contribution is 2.23. The van der Waals surface area contributed by atoms with E-state index in [1.54, 1.807) is 7.11 Å². The SMILES string of the molecule is COCC(C)(C)NC(=O)N1CCC([C@H](O)Cc2ccccc2)CC1. The zero-order valence-corrected chi connectivity index (χ0v) is 15.0. The summed E-state index contributed by atoms with van der Waals surface area (Å²) in [7, 11) is 1.63. The van der Waals surface area contributed by atoms with Crippen LogP contribution in [0.2, 0.25) is 0 Å². The Hall–Kier alpha value is -1.59. The lowest BCUT2D eigenvalue weighted by molar-refractivity contribution is 0.0641. The number of carbonyl (C=O) groups is 1. The molecule has 24 heavy (non-hydrogen) atoms. The first-order chi connectivity index (χ1) is 11.4. The van der Waals surface area contributed by atoms with Gasteiger partial charge in [-0.1, -0.05) is 30.3 Å². The molecule has 1 aromatic carbocycles. The van der Waals surface area contributed by atoms with Gasteiger partial charge in [-0.25, -0.2) is 4.79 Å². The van der Waals surface area contributed by atoms with Crippen LogP contribution in [0.4, 0.5) is 4.79 Å². The van der Waals surface area contributed by atoms with Gasteiger partial charge in [-0.05, 0) is 44.6 Å². The molecule has 1 saturated heterocycles. The molecule has 0 radical (unpaired) electrons. The van der Waals surface area contributed by atoms with Gasteiger partial charge in [-0.15, -0.1) is 0 Å². The van der Waals surface area contributed by atoms with Gasteiger partial charge in [0.1, 0.15) is 0 Å². The van der Waals surface area contributed by atoms with E-state index in [0.717, 1.165) is 18.4 Å². The lowest BCUT2D eigenvalue weighted by Crippen LogP contribution is -2.54. The van der Waals surface area contributed by atoms with E-state index in [2.05, 4.69) is 5.32 Å². The Morgan fingerprint density at radius 3 is 2.54 bits per heavy atom. The summed E-state index contributed by atoms with van der Waals surface area (Å²) in [6, 6.07) is 10.0. The first kappa shape index (κ1) is 18.7. The molecule has 0 bridgehead atoms. The van der Waals surface area contributed by atoms with E-state index in [0.29, 0.717) is 26.1 Å². The van der Waals surface area contributed by atoms with Crippen molar-refractivity contribution >= 4 is 6.03 Å². The Kier molecular flexibility index (Phi) is 6.63. The van der Waals surface area contributed by atoms with E-state index >= 15 is 0 Å². The molecule has 1 aromatic rings. The average molecular weight is 334 g/mol. The lowest BCUT2D eigenvalue weighted by atomic mass is 9.88. The van der Waals surface area contributed by atoms with Crippen molar-refractivity contribution in [3.8, 4) is 0 Å². The van der Waals surface area contributed by atoms with Gasteiger partial charge in [0.15, 0.2) is 0 Å². The van der Waals surface area contributed by atoms with Crippen LogP contribution in [0.15, 0.2) is 30.3 Å². The van der Waals surface area contributed by atoms with Crippen LogP contribution in [0.1, 0.15) is 32.3 Å². The molecule has 2 amide bonds. The maximum atomic E-state index is 12.4. The largest absolute Gasteiger partial charge is 0.392 e. The molecule has 0 aromatic heterocycles. The Balaban J connectivity index is 1.79. The summed E-state index contributed by atoms with van der Waals surface area (Å²) in [6.07, 6.45) is 2.01. The zero-order valence-electron chi connectivity index (χ0n) is 15.0. The van der Waals surface area contributed by atoms with E-state index in [1.165, 1.54) is 0 Å². The molecular weight excluding hydrogens is 304 g/mol. The summed E-state index contributed by atoms with van der Waals surface area (Å²) in [6.45, 7) is 5.75. The summed E-state index contributed by atoms with van der Waals surface area (Å²) in [5.41, 5.74) is 0.779. The highest BCUT2D eigenvalue weighted by atomic mass is 16.5. The maximum Gasteiger partial charge on any atom is 0.317 e. The number of piperidine rings is 1. The zero-order chi connectivity index (χ0) is 17.6. The van der Waals surface area contributed by atoms with Crippen LogP contribution in [-0.4, -0.2) is 54.5 Å². The van der Waals surface area contributed by atoms with Gasteiger partial charge >= 0.3 is 6.03 Å². The normalized spacial score (nSPS) is 17.6. The molecule has 2 N–H and O–H groups in total. The number of benzene rings is 1. The van der Waals surface area contributed by atoms with Crippen LogP contribution in [0.3, 0.4) is 0 Å². The fourth-order valence-electron chi connectivity index (χ4n) is 3.28. The van der Waals surface area contributed by atoms with Crippen molar-refractivity contribution in [2.75, 3.05) is 26.8 Å². The van der Waals surface area contributed by atoms with Gasteiger partial charge in [0, 0.05) is 20.2 Å². The number of aliphatic hydroxyl groups is 1. The van der Waals surface area contributed by atoms with Gasteiger partial charge < -0.3 is 20.1 Å². The van der Waals surface area contributed by atoms with Crippen molar-refractivity contribution in [1.29, 1.82) is 0 Å². The molecule has 0 spiro atoms. The van der Waals surface area contributed by atoms with E-state index in [1.807, 2.05) is 49.1 Å². The highest BCUT2D eigenvalue weighted by Gasteiger charge is 2.29. The lowest BCUT2D eigenvalue weighted by Gasteiger charge is -2.36. The van der Waals surface area contributed by atoms with Crippen molar-refractivity contribution < 1.29 is 14.6 Å². The molecule has 5 nitrogen and oxygen atoms in total. The van der Waals surface area contributed by atoms with E-state index in [-0.39, 0.29) is 23.6 Å². The molecule has 1 atom stereocenters. The number of urea groups is 1. The first-order valence-corrected chi connectivity index (χ1v) is 8.69. The van der Waals surface area contributed by atoms with Crippen molar-refractivity contribution in [1.82, 2.24) is 10.2 Å². The molecule has 2 rings (SSSR count). The summed E-state index contributed by atoms with van der Waals surface area (Å²) in [4.78, 5) is 14.2. The number of hydrogen-bond donors (Lipinski definition) is 2. The van der Waals surface area contributed by atoms with Crippen LogP contribution in [0, 0.1) is 5.92 Å². The first-order valence-electron chi connectivity index (χ1n) is 8.69. The van der Waals surface area contributed by atoms with Crippen LogP contribution in [0.5, 0.6) is 0 Å². The number of hydrogen-bond acceptors (Lipinski definition) is 3. The second kappa shape index (κ2) is 8.49. The third kappa shape index (κ3) is 5.49. The number of rotatable bonds is 6. The van der Waals surface area contributed by atoms with Gasteiger partial charge in [-0.3, -0.25) is 0 Å². The van der Waals surface area contributed by atoms with Gasteiger partial charge in [0.2, 0.25) is 0 Å². The van der Waals surface area contributed by atoms with Gasteiger partial charge in [0.05, 0.1) is 18.2 Å². The number of carbonyl (C=O) groups excluding carboxylic acids is 1. The second-order valence-corrected chi connectivity index (χ2v) is 7.33. The minimum absolute atomic E-state index is 0.0481. The Bertz CT molecular complexity index is 511. The molecule has 1 fully saturated rings. The number of likely N-dealkylation sites (tertiary alicyclic amines) is 1. The predicted octanol–water partition coefficient (Wildman–Crippen LogP) is 2.44. The summed E-state index contributed by atoms with van der Waals surface area (Å²) in [5, 5.41) is 13.5. The molecule has 134 valence electrons. The molecule has 1 aliphatic rings. The number of nitrogens with one attached hydrogen (secondary N) is 1. The molecule has 1 aliphatic heterocycles. The topological polar surface area (TPSA) is 61.8 Å². The minimum Gasteiger partial charge on any atom is -0.392 e. The van der Waals surface area contributed by atoms with E-state index in [4.69, 9.17) is 4.74 Å². The quantitative estimate of drug-likeness (QED) is 0.840. The number of nitrogens with zero attached hydrogens (tertiary/aromatic N) is 1. The van der Waals surface area contributed by atoms with Gasteiger partial charge in [-0.2, -0.15) is 0 Å². The smallest absolute Gasteiger partial charge is 0.317 e. The minimum atomic E-state index is -0.379. The number of ether oxygens (including phenoxy) is 1. The summed E-state index contributed by atoms with van der Waals surface area (Å²) >= 11 is 0. The molecule has 0 unspecified atom stereocenters. The number of amides is 2. The fourth-order valence-corrected chi connectivity index (χ4v) is 3.28. The maximum absolute atomic E-state index is 12.4. The Morgan fingerprint density at radius 1 is 1.33 bits per heavy atom. The average Bonchev–Trinajstić information content (AvgIpc) is 2.55. The summed E-state index contributed by atoms with van der Waals surface area (Å²) in [5.74, 6) is 0.251. The third-order valence-electron chi connectivity index (χ3n) is 4.61. The van der Waals surface area contributed by atoms with Crippen molar-refractivity contribution in [3.05, 3.63) is 35.9 Å². The molecule has 5 heteroatoms. The molecule has 0 aliphatic carbocycles. The van der Waals surface area contributed by atoms with Crippen molar-refractivity contribution in [2.24, 2.45) is 5.92 Å². The standard InChI is InChI=1S/C19H30N2O3/c1-19(2,14-24-3)20-18(23)21-11-9-16(10-12-21)17(22)13-15-7-5-4-6-8-15/h4-8,16-17,22H,9-14H2,1-3H3,(H,20,23)/t17-/m1/s1. The van der Waals surface area contributed by atoms with Gasteiger partial charge in [0.25, 0.3) is 0 Å². The van der Waals surface area contributed by atoms with Crippen LogP contribution >= 0.6 is 0 Å². The van der Waals surface area contributed by atoms with Crippen molar-refractivity contribution in [2.45, 2.75) is 44.8 Å². The number of methoxy groups -OCH3 is 1. The second-order valence-electron chi connectivity index (χ2n) is 7.33. The number of aliphatic hydroxyl groups excluding tert-OH is 1. The third-order valence-corrected chi connectivity index (χ3v) is 4.61. The van der Waals surface area contributed by atoms with Crippen molar-refractivity contribution in [3.63, 3.8) is 0 Å². The fraction of sp³-hybridized carbons (Fsp3) is 0.632. The van der Waals surface area contributed by atoms with E-state index in [9.17, 15) is 9.90 Å². The molecular formula is C19H30N2O3. The Labute approximate surface area is 145 Å². The van der Waals surface area contributed by atoms with Crippen LogP contribution in [0.25, 0.3) is 0 Å². The summed E-state index contributed by atoms with van der Waals surface area (Å²) < 4.78 is 5.13. The monoisotopic (exact) mass is 334 g/mol. The Morgan fingerprint density at radius 2 is 1.96 bits per heavy atom. The highest BCUT2D eigenvalue weighted by molar-refractivity contribution is 5.75. The predicted molar refractivity (Wildman–Crippen MR) is 94.9 cm³/mol.